The predicted octanol–water partition coefficient (Wildman–Crippen LogP) is 3.04. The molecule has 1 aliphatic rings. The van der Waals surface area contributed by atoms with Gasteiger partial charge in [0.1, 0.15) is 17.4 Å². The molecule has 0 spiro atoms. The maximum absolute atomic E-state index is 11.8. The highest BCUT2D eigenvalue weighted by Gasteiger charge is 2.20. The molecule has 4 N–H and O–H groups in total. The number of esters is 1. The van der Waals surface area contributed by atoms with Crippen molar-refractivity contribution in [1.82, 2.24) is 6.15 Å². The molecule has 4 nitrogen and oxygen atoms in total. The van der Waals surface area contributed by atoms with Crippen molar-refractivity contribution in [2.45, 2.75) is 38.2 Å². The van der Waals surface area contributed by atoms with Crippen molar-refractivity contribution >= 4 is 5.97 Å². The minimum atomic E-state index is -0.412. The lowest BCUT2D eigenvalue weighted by molar-refractivity contribution is 0.0208. The van der Waals surface area contributed by atoms with E-state index >= 15 is 0 Å². The van der Waals surface area contributed by atoms with Crippen LogP contribution in [0.1, 0.15) is 42.5 Å². The fourth-order valence-corrected chi connectivity index (χ4v) is 2.04. The van der Waals surface area contributed by atoms with E-state index in [1.54, 1.807) is 18.2 Å². The number of rotatable bonds is 2. The van der Waals surface area contributed by atoms with Gasteiger partial charge in [0.05, 0.1) is 0 Å². The van der Waals surface area contributed by atoms with Gasteiger partial charge >= 0.3 is 5.97 Å². The molecular formula is C13H19NO3. The molecule has 0 amide bonds. The van der Waals surface area contributed by atoms with Crippen LogP contribution in [0, 0.1) is 0 Å². The predicted molar refractivity (Wildman–Crippen MR) is 65.4 cm³/mol. The van der Waals surface area contributed by atoms with E-state index in [-0.39, 0.29) is 23.6 Å². The summed E-state index contributed by atoms with van der Waals surface area (Å²) < 4.78 is 5.36. The van der Waals surface area contributed by atoms with E-state index < -0.39 is 5.97 Å². The second-order valence-electron chi connectivity index (χ2n) is 4.18. The number of benzene rings is 1. The zero-order chi connectivity index (χ0) is 11.4. The standard InChI is InChI=1S/C13H16O3.H3N/c14-12-9-5-4-8-11(12)13(15)16-10-6-2-1-3-7-10;/h4-5,8-10,14H,1-3,6-7H2;1H3. The van der Waals surface area contributed by atoms with Gasteiger partial charge in [-0.25, -0.2) is 4.79 Å². The molecule has 0 radical (unpaired) electrons. The summed E-state index contributed by atoms with van der Waals surface area (Å²) in [7, 11) is 0. The molecule has 0 aromatic heterocycles. The van der Waals surface area contributed by atoms with Gasteiger partial charge in [0.25, 0.3) is 0 Å². The molecule has 0 bridgehead atoms. The second-order valence-corrected chi connectivity index (χ2v) is 4.18. The first-order chi connectivity index (χ1) is 7.77. The van der Waals surface area contributed by atoms with Crippen molar-refractivity contribution in [2.24, 2.45) is 0 Å². The average molecular weight is 237 g/mol. The van der Waals surface area contributed by atoms with E-state index in [1.807, 2.05) is 0 Å². The van der Waals surface area contributed by atoms with Gasteiger partial charge < -0.3 is 16.0 Å². The van der Waals surface area contributed by atoms with Crippen molar-refractivity contribution < 1.29 is 14.6 Å². The molecule has 17 heavy (non-hydrogen) atoms. The smallest absolute Gasteiger partial charge is 0.342 e. The van der Waals surface area contributed by atoms with Crippen LogP contribution < -0.4 is 6.15 Å². The van der Waals surface area contributed by atoms with E-state index in [0.29, 0.717) is 0 Å². The monoisotopic (exact) mass is 237 g/mol. The topological polar surface area (TPSA) is 81.5 Å². The summed E-state index contributed by atoms with van der Waals surface area (Å²) in [5, 5.41) is 9.51. The molecule has 1 aliphatic carbocycles. The molecule has 1 aromatic rings. The zero-order valence-electron chi connectivity index (χ0n) is 9.89. The number of aromatic hydroxyl groups is 1. The lowest BCUT2D eigenvalue weighted by atomic mass is 9.98. The number of phenolic OH excluding ortho intramolecular Hbond substituents is 1. The Bertz CT molecular complexity index is 373. The number of carbonyl (C=O) groups excluding carboxylic acids is 1. The number of para-hydroxylation sites is 1. The quantitative estimate of drug-likeness (QED) is 0.774. The minimum absolute atomic E-state index is 0. The highest BCUT2D eigenvalue weighted by molar-refractivity contribution is 5.92. The Morgan fingerprint density at radius 1 is 1.18 bits per heavy atom. The van der Waals surface area contributed by atoms with E-state index in [2.05, 4.69) is 0 Å². The molecule has 0 unspecified atom stereocenters. The summed E-state index contributed by atoms with van der Waals surface area (Å²) in [4.78, 5) is 11.8. The van der Waals surface area contributed by atoms with Crippen LogP contribution >= 0.6 is 0 Å². The normalized spacial score (nSPS) is 16.0. The Hall–Kier alpha value is -1.55. The first kappa shape index (κ1) is 13.5. The average Bonchev–Trinajstić information content (AvgIpc) is 2.31. The third kappa shape index (κ3) is 3.46. The third-order valence-electron chi connectivity index (χ3n) is 2.95. The summed E-state index contributed by atoms with van der Waals surface area (Å²) in [5.74, 6) is -0.423. The van der Waals surface area contributed by atoms with Gasteiger partial charge in [-0.1, -0.05) is 18.6 Å². The SMILES string of the molecule is N.O=C(OC1CCCCC1)c1ccccc1O. The van der Waals surface area contributed by atoms with E-state index in [9.17, 15) is 9.90 Å². The Morgan fingerprint density at radius 3 is 2.47 bits per heavy atom. The van der Waals surface area contributed by atoms with Gasteiger partial charge in [-0.2, -0.15) is 0 Å². The first-order valence-corrected chi connectivity index (χ1v) is 5.76. The van der Waals surface area contributed by atoms with E-state index in [4.69, 9.17) is 4.74 Å². The summed E-state index contributed by atoms with van der Waals surface area (Å²) in [5.41, 5.74) is 0.257. The molecular weight excluding hydrogens is 218 g/mol. The summed E-state index contributed by atoms with van der Waals surface area (Å²) >= 11 is 0. The van der Waals surface area contributed by atoms with Crippen LogP contribution in [0.2, 0.25) is 0 Å². The van der Waals surface area contributed by atoms with Crippen LogP contribution in [0.15, 0.2) is 24.3 Å². The number of phenols is 1. The zero-order valence-corrected chi connectivity index (χ0v) is 9.89. The van der Waals surface area contributed by atoms with Gasteiger partial charge in [-0.05, 0) is 37.8 Å². The lowest BCUT2D eigenvalue weighted by Gasteiger charge is -2.21. The van der Waals surface area contributed by atoms with Gasteiger partial charge in [-0.3, -0.25) is 0 Å². The number of hydrogen-bond donors (Lipinski definition) is 2. The van der Waals surface area contributed by atoms with Crippen LogP contribution in [0.5, 0.6) is 5.75 Å². The van der Waals surface area contributed by atoms with Crippen LogP contribution in [-0.4, -0.2) is 17.2 Å². The summed E-state index contributed by atoms with van der Waals surface area (Å²) in [6.45, 7) is 0. The van der Waals surface area contributed by atoms with Crippen LogP contribution in [0.3, 0.4) is 0 Å². The first-order valence-electron chi connectivity index (χ1n) is 5.76. The van der Waals surface area contributed by atoms with Crippen molar-refractivity contribution in [3.05, 3.63) is 29.8 Å². The molecule has 0 heterocycles. The maximum Gasteiger partial charge on any atom is 0.342 e. The van der Waals surface area contributed by atoms with Gasteiger partial charge in [-0.15, -0.1) is 0 Å². The second kappa shape index (κ2) is 6.25. The maximum atomic E-state index is 11.8. The van der Waals surface area contributed by atoms with Crippen molar-refractivity contribution in [3.8, 4) is 5.75 Å². The fraction of sp³-hybridized carbons (Fsp3) is 0.462. The molecule has 2 rings (SSSR count). The molecule has 94 valence electrons. The van der Waals surface area contributed by atoms with Gasteiger partial charge in [0, 0.05) is 0 Å². The van der Waals surface area contributed by atoms with Crippen LogP contribution in [0.4, 0.5) is 0 Å². The Labute approximate surface area is 101 Å². The Morgan fingerprint density at radius 2 is 1.82 bits per heavy atom. The van der Waals surface area contributed by atoms with Crippen molar-refractivity contribution in [3.63, 3.8) is 0 Å². The molecule has 1 aromatic carbocycles. The minimum Gasteiger partial charge on any atom is -0.507 e. The fourth-order valence-electron chi connectivity index (χ4n) is 2.04. The van der Waals surface area contributed by atoms with Crippen LogP contribution in [0.25, 0.3) is 0 Å². The van der Waals surface area contributed by atoms with Gasteiger partial charge in [0.2, 0.25) is 0 Å². The van der Waals surface area contributed by atoms with E-state index in [1.165, 1.54) is 12.5 Å². The largest absolute Gasteiger partial charge is 0.507 e. The van der Waals surface area contributed by atoms with Gasteiger partial charge in [0.15, 0.2) is 0 Å². The summed E-state index contributed by atoms with van der Waals surface area (Å²) in [6.07, 6.45) is 5.39. The molecule has 4 heteroatoms. The third-order valence-corrected chi connectivity index (χ3v) is 2.95. The molecule has 0 atom stereocenters. The number of ether oxygens (including phenoxy) is 1. The molecule has 0 aliphatic heterocycles. The Balaban J connectivity index is 0.00000144. The highest BCUT2D eigenvalue weighted by atomic mass is 16.5. The van der Waals surface area contributed by atoms with Crippen LogP contribution in [-0.2, 0) is 4.74 Å². The summed E-state index contributed by atoms with van der Waals surface area (Å²) in [6, 6.07) is 6.49. The molecule has 1 fully saturated rings. The molecule has 1 saturated carbocycles. The number of carbonyl (C=O) groups is 1. The van der Waals surface area contributed by atoms with Crippen molar-refractivity contribution in [2.75, 3.05) is 0 Å². The highest BCUT2D eigenvalue weighted by Crippen LogP contribution is 2.23. The molecule has 0 saturated heterocycles. The number of hydrogen-bond acceptors (Lipinski definition) is 4. The Kier molecular flexibility index (Phi) is 4.97. The van der Waals surface area contributed by atoms with Crippen molar-refractivity contribution in [1.29, 1.82) is 0 Å². The lowest BCUT2D eigenvalue weighted by Crippen LogP contribution is -2.20. The van der Waals surface area contributed by atoms with E-state index in [0.717, 1.165) is 25.7 Å².